The molecule has 0 aliphatic rings. The Bertz CT molecular complexity index is 616. The van der Waals surface area contributed by atoms with E-state index in [4.69, 9.17) is 17.3 Å². The molecule has 20 heavy (non-hydrogen) atoms. The number of rotatable bonds is 5. The van der Waals surface area contributed by atoms with Crippen LogP contribution in [-0.2, 0) is 5.75 Å². The number of nitrogens with zero attached hydrogens (tertiary/aromatic N) is 1. The number of carbonyl (C=O) groups is 1. The van der Waals surface area contributed by atoms with Crippen LogP contribution in [0.4, 0.5) is 11.5 Å². The number of hydrogen-bond donors (Lipinski definition) is 2. The summed E-state index contributed by atoms with van der Waals surface area (Å²) in [5, 5.41) is 3.46. The minimum Gasteiger partial charge on any atom is -0.366 e. The molecule has 0 spiro atoms. The van der Waals surface area contributed by atoms with Crippen molar-refractivity contribution in [2.45, 2.75) is 5.75 Å². The molecule has 1 heterocycles. The zero-order chi connectivity index (χ0) is 14.5. The lowest BCUT2D eigenvalue weighted by Gasteiger charge is -2.08. The van der Waals surface area contributed by atoms with E-state index in [-0.39, 0.29) is 5.56 Å². The smallest absolute Gasteiger partial charge is 0.250 e. The van der Waals surface area contributed by atoms with Crippen molar-refractivity contribution in [3.63, 3.8) is 0 Å². The third-order valence-electron chi connectivity index (χ3n) is 2.65. The van der Waals surface area contributed by atoms with Gasteiger partial charge in [-0.25, -0.2) is 4.98 Å². The Morgan fingerprint density at radius 1 is 1.40 bits per heavy atom. The number of benzene rings is 1. The summed E-state index contributed by atoms with van der Waals surface area (Å²) in [5.74, 6) is 0.925. The summed E-state index contributed by atoms with van der Waals surface area (Å²) < 4.78 is 0. The number of nitrogens with one attached hydrogen (secondary N) is 1. The molecule has 0 bridgehead atoms. The van der Waals surface area contributed by atoms with Crippen LogP contribution < -0.4 is 11.1 Å². The number of thioether (sulfide) groups is 1. The Morgan fingerprint density at radius 2 is 2.10 bits per heavy atom. The van der Waals surface area contributed by atoms with Gasteiger partial charge in [-0.15, -0.1) is 0 Å². The number of amides is 1. The van der Waals surface area contributed by atoms with E-state index in [0.717, 1.165) is 11.4 Å². The molecule has 0 radical (unpaired) electrons. The summed E-state index contributed by atoms with van der Waals surface area (Å²) in [6, 6.07) is 9.52. The summed E-state index contributed by atoms with van der Waals surface area (Å²) in [6.45, 7) is 0. The normalized spacial score (nSPS) is 10.3. The van der Waals surface area contributed by atoms with Crippen molar-refractivity contribution in [1.29, 1.82) is 0 Å². The molecule has 3 N–H and O–H groups in total. The molecular formula is C14H14ClN3OS. The quantitative estimate of drug-likeness (QED) is 0.888. The second kappa shape index (κ2) is 6.63. The zero-order valence-electron chi connectivity index (χ0n) is 10.9. The first-order valence-corrected chi connectivity index (χ1v) is 7.67. The molecule has 0 saturated heterocycles. The van der Waals surface area contributed by atoms with Crippen molar-refractivity contribution in [2.75, 3.05) is 11.6 Å². The van der Waals surface area contributed by atoms with Crippen molar-refractivity contribution in [1.82, 2.24) is 4.98 Å². The molecule has 0 atom stereocenters. The average molecular weight is 308 g/mol. The minimum atomic E-state index is -0.549. The van der Waals surface area contributed by atoms with Gasteiger partial charge in [0.25, 0.3) is 0 Å². The number of primary amides is 1. The lowest BCUT2D eigenvalue weighted by molar-refractivity contribution is 0.1000. The van der Waals surface area contributed by atoms with Crippen LogP contribution in [0, 0.1) is 0 Å². The zero-order valence-corrected chi connectivity index (χ0v) is 12.5. The molecule has 104 valence electrons. The summed E-state index contributed by atoms with van der Waals surface area (Å²) in [5.41, 5.74) is 7.60. The lowest BCUT2D eigenvalue weighted by atomic mass is 10.2. The fourth-order valence-electron chi connectivity index (χ4n) is 1.65. The van der Waals surface area contributed by atoms with Crippen LogP contribution in [0.3, 0.4) is 0 Å². The highest BCUT2D eigenvalue weighted by Crippen LogP contribution is 2.24. The number of nitrogens with two attached hydrogens (primary N) is 1. The van der Waals surface area contributed by atoms with Gasteiger partial charge in [0.1, 0.15) is 5.82 Å². The highest BCUT2D eigenvalue weighted by molar-refractivity contribution is 7.97. The first-order chi connectivity index (χ1) is 9.60. The van der Waals surface area contributed by atoms with E-state index in [2.05, 4.69) is 16.6 Å². The standard InChI is InChI=1S/C14H14ClN3OS/c1-20-8-9-2-4-11(5-3-9)18-14-12(15)6-10(7-17-14)13(16)19/h2-7H,8H2,1H3,(H2,16,19)(H,17,18). The number of hydrogen-bond acceptors (Lipinski definition) is 4. The van der Waals surface area contributed by atoms with E-state index in [0.29, 0.717) is 10.8 Å². The van der Waals surface area contributed by atoms with Crippen molar-refractivity contribution in [3.8, 4) is 0 Å². The molecule has 2 rings (SSSR count). The van der Waals surface area contributed by atoms with Crippen molar-refractivity contribution >= 4 is 40.8 Å². The van der Waals surface area contributed by atoms with Gasteiger partial charge in [0.15, 0.2) is 0 Å². The van der Waals surface area contributed by atoms with Gasteiger partial charge in [-0.1, -0.05) is 23.7 Å². The molecule has 0 saturated carbocycles. The van der Waals surface area contributed by atoms with Gasteiger partial charge in [-0.05, 0) is 30.0 Å². The second-order valence-corrected chi connectivity index (χ2v) is 5.45. The molecule has 0 aliphatic carbocycles. The highest BCUT2D eigenvalue weighted by atomic mass is 35.5. The summed E-state index contributed by atoms with van der Waals surface area (Å²) in [4.78, 5) is 15.1. The van der Waals surface area contributed by atoms with E-state index >= 15 is 0 Å². The van der Waals surface area contributed by atoms with Crippen molar-refractivity contribution in [2.24, 2.45) is 5.73 Å². The van der Waals surface area contributed by atoms with Crippen LogP contribution in [0.5, 0.6) is 0 Å². The molecule has 1 aromatic heterocycles. The molecule has 0 unspecified atom stereocenters. The molecule has 6 heteroatoms. The largest absolute Gasteiger partial charge is 0.366 e. The van der Waals surface area contributed by atoms with Gasteiger partial charge in [0.2, 0.25) is 5.91 Å². The fraction of sp³-hybridized carbons (Fsp3) is 0.143. The van der Waals surface area contributed by atoms with Crippen LogP contribution in [0.2, 0.25) is 5.02 Å². The fourth-order valence-corrected chi connectivity index (χ4v) is 2.39. The predicted molar refractivity (Wildman–Crippen MR) is 84.7 cm³/mol. The van der Waals surface area contributed by atoms with E-state index < -0.39 is 5.91 Å². The molecule has 0 fully saturated rings. The monoisotopic (exact) mass is 307 g/mol. The predicted octanol–water partition coefficient (Wildman–Crippen LogP) is 3.44. The van der Waals surface area contributed by atoms with E-state index in [1.807, 2.05) is 24.3 Å². The molecule has 0 aliphatic heterocycles. The van der Waals surface area contributed by atoms with Gasteiger partial charge in [-0.3, -0.25) is 4.79 Å². The van der Waals surface area contributed by atoms with Crippen LogP contribution in [0.1, 0.15) is 15.9 Å². The van der Waals surface area contributed by atoms with Crippen molar-refractivity contribution < 1.29 is 4.79 Å². The topological polar surface area (TPSA) is 68.0 Å². The average Bonchev–Trinajstić information content (AvgIpc) is 2.43. The Hall–Kier alpha value is -1.72. The molecular weight excluding hydrogens is 294 g/mol. The Morgan fingerprint density at radius 3 is 2.65 bits per heavy atom. The highest BCUT2D eigenvalue weighted by Gasteiger charge is 2.07. The Labute approximate surface area is 126 Å². The van der Waals surface area contributed by atoms with Crippen LogP contribution >= 0.6 is 23.4 Å². The Kier molecular flexibility index (Phi) is 4.87. The van der Waals surface area contributed by atoms with Crippen LogP contribution in [0.25, 0.3) is 0 Å². The minimum absolute atomic E-state index is 0.288. The van der Waals surface area contributed by atoms with Crippen molar-refractivity contribution in [3.05, 3.63) is 52.7 Å². The number of anilines is 2. The maximum absolute atomic E-state index is 11.0. The van der Waals surface area contributed by atoms with E-state index in [1.54, 1.807) is 11.8 Å². The van der Waals surface area contributed by atoms with Gasteiger partial charge < -0.3 is 11.1 Å². The number of pyridine rings is 1. The van der Waals surface area contributed by atoms with Gasteiger partial charge in [0.05, 0.1) is 10.6 Å². The third-order valence-corrected chi connectivity index (χ3v) is 3.56. The van der Waals surface area contributed by atoms with E-state index in [1.165, 1.54) is 17.8 Å². The summed E-state index contributed by atoms with van der Waals surface area (Å²) in [7, 11) is 0. The van der Waals surface area contributed by atoms with Gasteiger partial charge >= 0.3 is 0 Å². The van der Waals surface area contributed by atoms with Crippen LogP contribution in [0.15, 0.2) is 36.5 Å². The van der Waals surface area contributed by atoms with Crippen LogP contribution in [-0.4, -0.2) is 17.1 Å². The summed E-state index contributed by atoms with van der Waals surface area (Å²) in [6.07, 6.45) is 3.47. The van der Waals surface area contributed by atoms with Gasteiger partial charge in [-0.2, -0.15) is 11.8 Å². The first kappa shape index (κ1) is 14.7. The maximum Gasteiger partial charge on any atom is 0.250 e. The molecule has 1 aromatic carbocycles. The third kappa shape index (κ3) is 3.65. The lowest BCUT2D eigenvalue weighted by Crippen LogP contribution is -2.11. The molecule has 2 aromatic rings. The van der Waals surface area contributed by atoms with Gasteiger partial charge in [0, 0.05) is 17.6 Å². The second-order valence-electron chi connectivity index (χ2n) is 4.17. The molecule has 4 nitrogen and oxygen atoms in total. The number of halogens is 1. The number of aromatic nitrogens is 1. The Balaban J connectivity index is 2.15. The summed E-state index contributed by atoms with van der Waals surface area (Å²) >= 11 is 7.84. The first-order valence-electron chi connectivity index (χ1n) is 5.90. The molecule has 1 amide bonds. The van der Waals surface area contributed by atoms with E-state index in [9.17, 15) is 4.79 Å². The maximum atomic E-state index is 11.0. The SMILES string of the molecule is CSCc1ccc(Nc2ncc(C(N)=O)cc2Cl)cc1. The number of carbonyl (C=O) groups excluding carboxylic acids is 1.